The Morgan fingerprint density at radius 3 is 2.56 bits per heavy atom. The minimum absolute atomic E-state index is 0.0272. The van der Waals surface area contributed by atoms with Crippen LogP contribution < -0.4 is 4.74 Å². The number of carbonyl (C=O) groups excluding carboxylic acids is 1. The number of carbonyl (C=O) groups is 1. The van der Waals surface area contributed by atoms with Gasteiger partial charge in [0.2, 0.25) is 0 Å². The van der Waals surface area contributed by atoms with Gasteiger partial charge >= 0.3 is 0 Å². The number of piperidine rings is 1. The maximum absolute atomic E-state index is 13.1. The van der Waals surface area contributed by atoms with E-state index in [4.69, 9.17) is 13.9 Å². The van der Waals surface area contributed by atoms with E-state index in [-0.39, 0.29) is 11.7 Å². The molecule has 0 N–H and O–H groups in total. The van der Waals surface area contributed by atoms with Gasteiger partial charge in [0, 0.05) is 25.1 Å². The van der Waals surface area contributed by atoms with Crippen LogP contribution in [0.25, 0.3) is 0 Å². The molecule has 3 rings (SSSR count). The maximum Gasteiger partial charge on any atom is 0.167 e. The normalized spacial score (nSPS) is 17.9. The van der Waals surface area contributed by atoms with Crippen molar-refractivity contribution in [3.8, 4) is 5.75 Å². The zero-order valence-corrected chi connectivity index (χ0v) is 16.7. The van der Waals surface area contributed by atoms with E-state index >= 15 is 0 Å². The first-order valence-corrected chi connectivity index (χ1v) is 9.50. The highest BCUT2D eigenvalue weighted by molar-refractivity contribution is 5.98. The molecule has 146 valence electrons. The van der Waals surface area contributed by atoms with Gasteiger partial charge in [-0.1, -0.05) is 0 Å². The second-order valence-electron chi connectivity index (χ2n) is 7.38. The molecule has 5 heteroatoms. The lowest BCUT2D eigenvalue weighted by atomic mass is 9.88. The van der Waals surface area contributed by atoms with Crippen molar-refractivity contribution in [3.63, 3.8) is 0 Å². The van der Waals surface area contributed by atoms with Crippen LogP contribution in [0.4, 0.5) is 0 Å². The van der Waals surface area contributed by atoms with Gasteiger partial charge in [0.15, 0.2) is 5.78 Å². The third-order valence-corrected chi connectivity index (χ3v) is 5.21. The molecule has 0 unspecified atom stereocenters. The van der Waals surface area contributed by atoms with E-state index in [1.807, 2.05) is 38.1 Å². The van der Waals surface area contributed by atoms with E-state index in [1.165, 1.54) is 0 Å². The summed E-state index contributed by atoms with van der Waals surface area (Å²) in [5.41, 5.74) is 2.81. The monoisotopic (exact) mass is 371 g/mol. The molecule has 1 fully saturated rings. The molecule has 0 amide bonds. The third-order valence-electron chi connectivity index (χ3n) is 5.21. The number of likely N-dealkylation sites (tertiary alicyclic amines) is 1. The van der Waals surface area contributed by atoms with E-state index in [2.05, 4.69) is 4.90 Å². The predicted molar refractivity (Wildman–Crippen MR) is 104 cm³/mol. The van der Waals surface area contributed by atoms with Gasteiger partial charge in [-0.3, -0.25) is 9.69 Å². The van der Waals surface area contributed by atoms with Crippen LogP contribution in [0.1, 0.15) is 45.8 Å². The number of rotatable bonds is 7. The minimum atomic E-state index is 0.0272. The van der Waals surface area contributed by atoms with Crippen LogP contribution in [-0.2, 0) is 17.9 Å². The van der Waals surface area contributed by atoms with Gasteiger partial charge < -0.3 is 13.9 Å². The number of benzene rings is 1. The molecule has 1 aliphatic heterocycles. The molecule has 2 heterocycles. The second kappa shape index (κ2) is 8.72. The molecule has 0 radical (unpaired) electrons. The molecule has 0 spiro atoms. The Labute approximate surface area is 161 Å². The molecule has 0 saturated carbocycles. The highest BCUT2D eigenvalue weighted by Crippen LogP contribution is 2.28. The zero-order chi connectivity index (χ0) is 19.4. The quantitative estimate of drug-likeness (QED) is 0.685. The number of nitrogens with zero attached hydrogens (tertiary/aromatic N) is 1. The van der Waals surface area contributed by atoms with Gasteiger partial charge in [-0.25, -0.2) is 0 Å². The number of furan rings is 1. The first-order chi connectivity index (χ1) is 13.0. The molecule has 5 nitrogen and oxygen atoms in total. The summed E-state index contributed by atoms with van der Waals surface area (Å²) in [5, 5.41) is 0. The lowest BCUT2D eigenvalue weighted by molar-refractivity contribution is 0.0800. The first kappa shape index (κ1) is 19.6. The summed E-state index contributed by atoms with van der Waals surface area (Å²) < 4.78 is 16.3. The fourth-order valence-electron chi connectivity index (χ4n) is 4.01. The summed E-state index contributed by atoms with van der Waals surface area (Å²) in [6.45, 7) is 6.95. The first-order valence-electron chi connectivity index (χ1n) is 9.50. The number of aryl methyl sites for hydroxylation is 2. The van der Waals surface area contributed by atoms with E-state index in [0.29, 0.717) is 6.61 Å². The number of methoxy groups -OCH3 is 2. The van der Waals surface area contributed by atoms with E-state index in [9.17, 15) is 4.79 Å². The Bertz CT molecular complexity index is 772. The zero-order valence-electron chi connectivity index (χ0n) is 16.7. The molecule has 2 aromatic rings. The van der Waals surface area contributed by atoms with Gasteiger partial charge in [0.25, 0.3) is 0 Å². The van der Waals surface area contributed by atoms with E-state index < -0.39 is 0 Å². The van der Waals surface area contributed by atoms with Crippen LogP contribution in [0.2, 0.25) is 0 Å². The van der Waals surface area contributed by atoms with Gasteiger partial charge in [0.05, 0.1) is 13.7 Å². The van der Waals surface area contributed by atoms with Crippen LogP contribution in [-0.4, -0.2) is 38.0 Å². The topological polar surface area (TPSA) is 51.9 Å². The average Bonchev–Trinajstić information content (AvgIpc) is 3.08. The van der Waals surface area contributed by atoms with Crippen LogP contribution in [0.15, 0.2) is 28.7 Å². The SMILES string of the molecule is COCc1ccc(CN2CCC[C@H](C(=O)c3cc(C)c(OC)c(C)c3)C2)o1. The van der Waals surface area contributed by atoms with Gasteiger partial charge in [-0.05, 0) is 68.6 Å². The summed E-state index contributed by atoms with van der Waals surface area (Å²) in [6, 6.07) is 7.86. The molecule has 0 bridgehead atoms. The fourth-order valence-corrected chi connectivity index (χ4v) is 4.01. The number of hydrogen-bond donors (Lipinski definition) is 0. The highest BCUT2D eigenvalue weighted by atomic mass is 16.5. The number of ether oxygens (including phenoxy) is 2. The number of hydrogen-bond acceptors (Lipinski definition) is 5. The predicted octanol–water partition coefficient (Wildman–Crippen LogP) is 4.15. The smallest absolute Gasteiger partial charge is 0.167 e. The van der Waals surface area contributed by atoms with E-state index in [0.717, 1.165) is 66.4 Å². The summed E-state index contributed by atoms with van der Waals surface area (Å²) in [7, 11) is 3.33. The van der Waals surface area contributed by atoms with Crippen LogP contribution in [0.5, 0.6) is 5.75 Å². The number of ketones is 1. The highest BCUT2D eigenvalue weighted by Gasteiger charge is 2.27. The summed E-state index contributed by atoms with van der Waals surface area (Å²) in [5.74, 6) is 2.88. The van der Waals surface area contributed by atoms with Gasteiger partial charge in [0.1, 0.15) is 23.9 Å². The van der Waals surface area contributed by atoms with Crippen molar-refractivity contribution >= 4 is 5.78 Å². The Kier molecular flexibility index (Phi) is 6.34. The van der Waals surface area contributed by atoms with Gasteiger partial charge in [-0.2, -0.15) is 0 Å². The standard InChI is InChI=1S/C22H29NO4/c1-15-10-18(11-16(2)22(15)26-4)21(24)17-6-5-9-23(12-17)13-19-7-8-20(27-19)14-25-3/h7-8,10-11,17H,5-6,9,12-14H2,1-4H3/t17-/m0/s1. The fraction of sp³-hybridized carbons (Fsp3) is 0.500. The lowest BCUT2D eigenvalue weighted by Crippen LogP contribution is -2.38. The number of Topliss-reactive ketones (excluding diaryl/α,β-unsaturated/α-hetero) is 1. The molecular weight excluding hydrogens is 342 g/mol. The Morgan fingerprint density at radius 2 is 1.89 bits per heavy atom. The summed E-state index contributed by atoms with van der Waals surface area (Å²) in [4.78, 5) is 15.4. The second-order valence-corrected chi connectivity index (χ2v) is 7.38. The van der Waals surface area contributed by atoms with Crippen LogP contribution in [0, 0.1) is 19.8 Å². The molecular formula is C22H29NO4. The molecule has 1 saturated heterocycles. The van der Waals surface area contributed by atoms with Crippen molar-refractivity contribution in [2.75, 3.05) is 27.3 Å². The third kappa shape index (κ3) is 4.60. The average molecular weight is 371 g/mol. The Morgan fingerprint density at radius 1 is 1.19 bits per heavy atom. The maximum atomic E-state index is 13.1. The van der Waals surface area contributed by atoms with Crippen molar-refractivity contribution in [2.45, 2.75) is 39.8 Å². The van der Waals surface area contributed by atoms with E-state index in [1.54, 1.807) is 14.2 Å². The van der Waals surface area contributed by atoms with Crippen molar-refractivity contribution in [1.82, 2.24) is 4.90 Å². The molecule has 1 aromatic heterocycles. The minimum Gasteiger partial charge on any atom is -0.496 e. The Balaban J connectivity index is 1.67. The van der Waals surface area contributed by atoms with Crippen LogP contribution in [0.3, 0.4) is 0 Å². The van der Waals surface area contributed by atoms with Crippen molar-refractivity contribution in [2.24, 2.45) is 5.92 Å². The van der Waals surface area contributed by atoms with Crippen molar-refractivity contribution < 1.29 is 18.7 Å². The molecule has 1 aromatic carbocycles. The Hall–Kier alpha value is -2.11. The molecule has 1 atom stereocenters. The van der Waals surface area contributed by atoms with Crippen LogP contribution >= 0.6 is 0 Å². The summed E-state index contributed by atoms with van der Waals surface area (Å²) in [6.07, 6.45) is 1.96. The van der Waals surface area contributed by atoms with Crippen molar-refractivity contribution in [3.05, 3.63) is 52.5 Å². The molecule has 27 heavy (non-hydrogen) atoms. The molecule has 1 aliphatic rings. The largest absolute Gasteiger partial charge is 0.496 e. The van der Waals surface area contributed by atoms with Gasteiger partial charge in [-0.15, -0.1) is 0 Å². The molecule has 0 aliphatic carbocycles. The lowest BCUT2D eigenvalue weighted by Gasteiger charge is -2.31. The van der Waals surface area contributed by atoms with Crippen molar-refractivity contribution in [1.29, 1.82) is 0 Å². The summed E-state index contributed by atoms with van der Waals surface area (Å²) >= 11 is 0.